The molecule has 2 atom stereocenters. The highest BCUT2D eigenvalue weighted by Crippen LogP contribution is 2.27. The van der Waals surface area contributed by atoms with Gasteiger partial charge in [-0.3, -0.25) is 4.79 Å². The molecule has 26 heavy (non-hydrogen) atoms. The lowest BCUT2D eigenvalue weighted by Crippen LogP contribution is -2.36. The number of carbonyl (C=O) groups is 1. The van der Waals surface area contributed by atoms with Crippen molar-refractivity contribution in [2.24, 2.45) is 5.92 Å². The van der Waals surface area contributed by atoms with E-state index in [4.69, 9.17) is 0 Å². The minimum atomic E-state index is 0.0816. The first kappa shape index (κ1) is 19.1. The Morgan fingerprint density at radius 1 is 1.23 bits per heavy atom. The first-order valence-electron chi connectivity index (χ1n) is 10.1. The summed E-state index contributed by atoms with van der Waals surface area (Å²) in [5.74, 6) is 1.40. The van der Waals surface area contributed by atoms with E-state index in [0.29, 0.717) is 17.5 Å². The molecule has 1 aromatic heterocycles. The van der Waals surface area contributed by atoms with E-state index >= 15 is 0 Å². The summed E-state index contributed by atoms with van der Waals surface area (Å²) in [4.78, 5) is 28.8. The summed E-state index contributed by atoms with van der Waals surface area (Å²) >= 11 is 0. The average molecular weight is 360 g/mol. The molecule has 0 spiro atoms. The fraction of sp³-hybridized carbons (Fsp3) is 0.750. The molecule has 2 fully saturated rings. The maximum atomic E-state index is 13.1. The van der Waals surface area contributed by atoms with Crippen LogP contribution in [0, 0.1) is 12.8 Å². The van der Waals surface area contributed by atoms with E-state index < -0.39 is 0 Å². The number of hydrogen-bond acceptors (Lipinski definition) is 5. The van der Waals surface area contributed by atoms with E-state index in [2.05, 4.69) is 40.8 Å². The second-order valence-electron chi connectivity index (χ2n) is 8.01. The Bertz CT molecular complexity index is 627. The van der Waals surface area contributed by atoms with Crippen LogP contribution in [0.5, 0.6) is 0 Å². The predicted octanol–water partition coefficient (Wildman–Crippen LogP) is 2.58. The van der Waals surface area contributed by atoms with Gasteiger partial charge < -0.3 is 14.7 Å². The molecule has 3 rings (SSSR count). The number of amides is 1. The number of likely N-dealkylation sites (tertiary alicyclic amines) is 1. The highest BCUT2D eigenvalue weighted by Gasteiger charge is 2.36. The Balaban J connectivity index is 1.73. The molecule has 2 aliphatic heterocycles. The molecule has 0 aliphatic carbocycles. The number of rotatable bonds is 5. The summed E-state index contributed by atoms with van der Waals surface area (Å²) in [6.45, 7) is 7.82. The van der Waals surface area contributed by atoms with E-state index in [1.807, 2.05) is 11.8 Å². The molecule has 0 radical (unpaired) electrons. The number of likely N-dealkylation sites (N-methyl/N-ethyl adjacent to an activating group) is 1. The van der Waals surface area contributed by atoms with Gasteiger partial charge in [0.05, 0.1) is 11.3 Å². The van der Waals surface area contributed by atoms with Crippen molar-refractivity contribution in [1.29, 1.82) is 0 Å². The monoisotopic (exact) mass is 359 g/mol. The minimum absolute atomic E-state index is 0.0816. The largest absolute Gasteiger partial charge is 0.341 e. The molecule has 0 saturated carbocycles. The van der Waals surface area contributed by atoms with Gasteiger partial charge in [-0.25, -0.2) is 9.97 Å². The van der Waals surface area contributed by atoms with Crippen LogP contribution < -0.4 is 4.90 Å². The fourth-order valence-electron chi connectivity index (χ4n) is 4.34. The van der Waals surface area contributed by atoms with Gasteiger partial charge >= 0.3 is 0 Å². The maximum Gasteiger partial charge on any atom is 0.257 e. The summed E-state index contributed by atoms with van der Waals surface area (Å²) in [7, 11) is 4.23. The van der Waals surface area contributed by atoms with Crippen molar-refractivity contribution in [2.45, 2.75) is 52.0 Å². The van der Waals surface area contributed by atoms with Crippen LogP contribution in [0.3, 0.4) is 0 Å². The van der Waals surface area contributed by atoms with Crippen molar-refractivity contribution in [2.75, 3.05) is 45.2 Å². The van der Waals surface area contributed by atoms with Crippen LogP contribution in [-0.4, -0.2) is 72.0 Å². The van der Waals surface area contributed by atoms with Gasteiger partial charge in [0.2, 0.25) is 5.95 Å². The number of aromatic nitrogens is 2. The van der Waals surface area contributed by atoms with Gasteiger partial charge in [-0.1, -0.05) is 13.3 Å². The van der Waals surface area contributed by atoms with E-state index in [-0.39, 0.29) is 5.91 Å². The second-order valence-corrected chi connectivity index (χ2v) is 8.01. The lowest BCUT2D eigenvalue weighted by atomic mass is 9.98. The highest BCUT2D eigenvalue weighted by molar-refractivity contribution is 5.95. The van der Waals surface area contributed by atoms with Crippen LogP contribution >= 0.6 is 0 Å². The SMILES string of the molecule is CCC[C@H]1CN(C(=O)c2cnc(N3CCCCC3)nc2C)C[C@@H]1N(C)C. The van der Waals surface area contributed by atoms with Gasteiger partial charge in [-0.2, -0.15) is 0 Å². The van der Waals surface area contributed by atoms with Crippen LogP contribution in [0.25, 0.3) is 0 Å². The van der Waals surface area contributed by atoms with Gasteiger partial charge in [0.1, 0.15) is 0 Å². The molecule has 0 unspecified atom stereocenters. The molecule has 3 heterocycles. The topological polar surface area (TPSA) is 52.6 Å². The van der Waals surface area contributed by atoms with Gasteiger partial charge in [-0.15, -0.1) is 0 Å². The van der Waals surface area contributed by atoms with Gasteiger partial charge in [0.25, 0.3) is 5.91 Å². The van der Waals surface area contributed by atoms with Crippen molar-refractivity contribution in [3.05, 3.63) is 17.5 Å². The van der Waals surface area contributed by atoms with E-state index in [9.17, 15) is 4.79 Å². The highest BCUT2D eigenvalue weighted by atomic mass is 16.2. The van der Waals surface area contributed by atoms with Gasteiger partial charge in [0, 0.05) is 38.4 Å². The molecule has 2 saturated heterocycles. The Labute approximate surface area is 157 Å². The number of piperidine rings is 1. The Morgan fingerprint density at radius 3 is 2.58 bits per heavy atom. The zero-order valence-corrected chi connectivity index (χ0v) is 16.7. The number of aryl methyl sites for hydroxylation is 1. The second kappa shape index (κ2) is 8.33. The predicted molar refractivity (Wildman–Crippen MR) is 105 cm³/mol. The molecule has 144 valence electrons. The summed E-state index contributed by atoms with van der Waals surface area (Å²) < 4.78 is 0. The molecule has 0 aromatic carbocycles. The summed E-state index contributed by atoms with van der Waals surface area (Å²) in [5, 5.41) is 0. The lowest BCUT2D eigenvalue weighted by Gasteiger charge is -2.27. The molecular formula is C20H33N5O. The third kappa shape index (κ3) is 4.00. The molecule has 6 nitrogen and oxygen atoms in total. The third-order valence-electron chi connectivity index (χ3n) is 5.85. The summed E-state index contributed by atoms with van der Waals surface area (Å²) in [5.41, 5.74) is 1.45. The summed E-state index contributed by atoms with van der Waals surface area (Å²) in [6, 6.07) is 0.438. The quantitative estimate of drug-likeness (QED) is 0.809. The van der Waals surface area contributed by atoms with Crippen molar-refractivity contribution >= 4 is 11.9 Å². The Hall–Kier alpha value is -1.69. The first-order chi connectivity index (χ1) is 12.5. The summed E-state index contributed by atoms with van der Waals surface area (Å²) in [6.07, 6.45) is 7.74. The standard InChI is InChI=1S/C20H33N5O/c1-5-9-16-13-25(14-18(16)23(3)4)19(26)17-12-21-20(22-15(17)2)24-10-7-6-8-11-24/h12,16,18H,5-11,13-14H2,1-4H3/t16-,18-/m0/s1. The molecule has 2 aliphatic rings. The molecule has 6 heteroatoms. The van der Waals surface area contributed by atoms with E-state index in [0.717, 1.165) is 50.7 Å². The van der Waals surface area contributed by atoms with E-state index in [1.54, 1.807) is 6.20 Å². The average Bonchev–Trinajstić information content (AvgIpc) is 3.06. The van der Waals surface area contributed by atoms with Crippen molar-refractivity contribution in [3.63, 3.8) is 0 Å². The van der Waals surface area contributed by atoms with Crippen LogP contribution in [-0.2, 0) is 0 Å². The van der Waals surface area contributed by atoms with Crippen molar-refractivity contribution in [3.8, 4) is 0 Å². The molecule has 0 N–H and O–H groups in total. The minimum Gasteiger partial charge on any atom is -0.341 e. The zero-order valence-electron chi connectivity index (χ0n) is 16.7. The lowest BCUT2D eigenvalue weighted by molar-refractivity contribution is 0.0779. The smallest absolute Gasteiger partial charge is 0.257 e. The van der Waals surface area contributed by atoms with Crippen LogP contribution in [0.1, 0.15) is 55.1 Å². The Morgan fingerprint density at radius 2 is 1.96 bits per heavy atom. The zero-order chi connectivity index (χ0) is 18.7. The number of carbonyl (C=O) groups excluding carboxylic acids is 1. The number of nitrogens with zero attached hydrogens (tertiary/aromatic N) is 5. The molecule has 1 amide bonds. The number of anilines is 1. The third-order valence-corrected chi connectivity index (χ3v) is 5.85. The van der Waals surface area contributed by atoms with Crippen LogP contribution in [0.4, 0.5) is 5.95 Å². The molecule has 0 bridgehead atoms. The van der Waals surface area contributed by atoms with Gasteiger partial charge in [-0.05, 0) is 52.6 Å². The van der Waals surface area contributed by atoms with E-state index in [1.165, 1.54) is 19.3 Å². The van der Waals surface area contributed by atoms with Gasteiger partial charge in [0.15, 0.2) is 0 Å². The normalized spacial score (nSPS) is 23.7. The van der Waals surface area contributed by atoms with Crippen LogP contribution in [0.2, 0.25) is 0 Å². The number of hydrogen-bond donors (Lipinski definition) is 0. The van der Waals surface area contributed by atoms with Crippen molar-refractivity contribution in [1.82, 2.24) is 19.8 Å². The molecule has 1 aromatic rings. The fourth-order valence-corrected chi connectivity index (χ4v) is 4.34. The van der Waals surface area contributed by atoms with Crippen molar-refractivity contribution < 1.29 is 4.79 Å². The maximum absolute atomic E-state index is 13.1. The Kier molecular flexibility index (Phi) is 6.12. The first-order valence-corrected chi connectivity index (χ1v) is 10.1. The van der Waals surface area contributed by atoms with Crippen LogP contribution in [0.15, 0.2) is 6.20 Å². The molecular weight excluding hydrogens is 326 g/mol.